The van der Waals surface area contributed by atoms with Crippen molar-refractivity contribution in [2.75, 3.05) is 52.0 Å². The van der Waals surface area contributed by atoms with E-state index in [1.807, 2.05) is 6.07 Å². The molecule has 12 rings (SSSR count). The summed E-state index contributed by atoms with van der Waals surface area (Å²) in [6.07, 6.45) is 11.9. The predicted molar refractivity (Wildman–Crippen MR) is 340 cm³/mol. The number of carboxylic acids is 1. The van der Waals surface area contributed by atoms with Gasteiger partial charge in [-0.1, -0.05) is 86.2 Å². The van der Waals surface area contributed by atoms with Gasteiger partial charge in [0.1, 0.15) is 39.9 Å². The number of nitrogens with one attached hydrogen (secondary N) is 2. The molecule has 4 spiro atoms. The molecule has 488 valence electrons. The van der Waals surface area contributed by atoms with Crippen molar-refractivity contribution in [3.8, 4) is 0 Å². The van der Waals surface area contributed by atoms with Crippen LogP contribution in [0.2, 0.25) is 20.6 Å². The highest BCUT2D eigenvalue weighted by Gasteiger charge is 2.75. The molecule has 0 radical (unpaired) electrons. The quantitative estimate of drug-likeness (QED) is 0.120. The molecule has 2 saturated heterocycles. The Balaban J connectivity index is 0.000000183. The summed E-state index contributed by atoms with van der Waals surface area (Å²) in [4.78, 5) is 99.1. The van der Waals surface area contributed by atoms with E-state index < -0.39 is 69.0 Å². The number of rotatable bonds is 8. The normalized spacial score (nSPS) is 29.5. The molecule has 4 amide bonds. The molecule has 90 heavy (non-hydrogen) atoms. The Bertz CT molecular complexity index is 3440. The van der Waals surface area contributed by atoms with Crippen molar-refractivity contribution in [1.29, 1.82) is 0 Å². The van der Waals surface area contributed by atoms with Crippen LogP contribution in [0.25, 0.3) is 0 Å². The number of nitrogens with zero attached hydrogens (tertiary/aromatic N) is 6. The fourth-order valence-electron chi connectivity index (χ4n) is 16.6. The van der Waals surface area contributed by atoms with E-state index in [0.29, 0.717) is 80.9 Å². The van der Waals surface area contributed by atoms with E-state index in [4.69, 9.17) is 61.6 Å². The number of ether oxygens (including phenoxy) is 2. The molecule has 5 N–H and O–H groups in total. The number of aromatic nitrogens is 4. The molecule has 4 aromatic heterocycles. The number of Topliss-reactive ketones (excluding diaryl/α,β-unsaturated/α-hetero) is 1. The monoisotopic (exact) mass is 1340 g/mol. The Labute approximate surface area is 550 Å². The van der Waals surface area contributed by atoms with Gasteiger partial charge in [0.25, 0.3) is 11.8 Å². The number of halogens is 7. The second-order valence-corrected chi connectivity index (χ2v) is 29.4. The van der Waals surface area contributed by atoms with Crippen LogP contribution in [-0.2, 0) is 49.1 Å². The van der Waals surface area contributed by atoms with Gasteiger partial charge >= 0.3 is 5.97 Å². The fraction of sp³-hybridized carbons (Fsp3) is 0.600. The van der Waals surface area contributed by atoms with Crippen LogP contribution >= 0.6 is 58.8 Å². The number of nitrogens with two attached hydrogens (primary N) is 1. The molecule has 6 fully saturated rings. The summed E-state index contributed by atoms with van der Waals surface area (Å²) >= 11 is 24.7. The van der Waals surface area contributed by atoms with Gasteiger partial charge in [-0.05, 0) is 153 Å². The third-order valence-electron chi connectivity index (χ3n) is 21.3. The van der Waals surface area contributed by atoms with Crippen LogP contribution in [0.1, 0.15) is 158 Å². The molecule has 4 aromatic rings. The number of amides is 4. The zero-order valence-electron chi connectivity index (χ0n) is 51.9. The van der Waals surface area contributed by atoms with Crippen molar-refractivity contribution in [2.24, 2.45) is 45.1 Å². The topological polar surface area (TPSA) is 249 Å². The molecule has 4 aliphatic heterocycles. The summed E-state index contributed by atoms with van der Waals surface area (Å²) in [5.74, 6) is -6.09. The van der Waals surface area contributed by atoms with Gasteiger partial charge in [-0.15, -0.1) is 12.4 Å². The predicted octanol–water partition coefficient (Wildman–Crippen LogP) is 11.9. The van der Waals surface area contributed by atoms with Gasteiger partial charge in [-0.2, -0.15) is 0 Å². The highest BCUT2D eigenvalue weighted by atomic mass is 35.5. The maximum atomic E-state index is 16.1. The van der Waals surface area contributed by atoms with Crippen molar-refractivity contribution in [1.82, 2.24) is 29.7 Å². The molecule has 10 atom stereocenters. The van der Waals surface area contributed by atoms with Crippen LogP contribution in [0, 0.1) is 51.0 Å². The SMILES string of the molecule is CC1(C)CCC2(CC1)C[C@@H](C(=O)O)[C@H](c1ccnc(Cl)c1F)C21C(=O)Nc2nc(Cl)ccc21.CN(C)C(=O)[C@@H]1CC[C@@H](CC(=O)[C@@H]2CC3(CCC(C)(C)CC3)[C@@]3(C(=O)Nc4nc(Cl)ccc43)[C@H]2c2ccnc(Cl)c2F)CO1.CN(C)C(=O)[C@@H]1CC[C@@H](N)CO1.Cl. The highest BCUT2D eigenvalue weighted by Crippen LogP contribution is 2.74. The maximum Gasteiger partial charge on any atom is 0.307 e. The summed E-state index contributed by atoms with van der Waals surface area (Å²) < 4.78 is 42.7. The van der Waals surface area contributed by atoms with E-state index in [-0.39, 0.29) is 115 Å². The summed E-state index contributed by atoms with van der Waals surface area (Å²) in [6, 6.07) is 9.94. The first kappa shape index (κ1) is 69.2. The number of carbonyl (C=O) groups is 6. The Hall–Kier alpha value is -5.19. The Morgan fingerprint density at radius 1 is 0.622 bits per heavy atom. The minimum absolute atomic E-state index is 0. The second-order valence-electron chi connectivity index (χ2n) is 28.0. The molecular weight excluding hydrogens is 1270 g/mol. The number of aliphatic carboxylic acids is 1. The molecule has 1 unspecified atom stereocenters. The third-order valence-corrected chi connectivity index (χ3v) is 22.2. The van der Waals surface area contributed by atoms with Crippen molar-refractivity contribution >= 4 is 106 Å². The Morgan fingerprint density at radius 2 is 1.03 bits per heavy atom. The lowest BCUT2D eigenvalue weighted by molar-refractivity contribution is -0.146. The Morgan fingerprint density at radius 3 is 1.42 bits per heavy atom. The van der Waals surface area contributed by atoms with E-state index in [0.717, 1.165) is 38.5 Å². The molecular formula is C65H80Cl5F2N9O9. The van der Waals surface area contributed by atoms with Crippen LogP contribution in [0.15, 0.2) is 48.8 Å². The third kappa shape index (κ3) is 12.2. The van der Waals surface area contributed by atoms with E-state index in [1.165, 1.54) is 23.4 Å². The van der Waals surface area contributed by atoms with Crippen molar-refractivity contribution in [2.45, 2.75) is 165 Å². The van der Waals surface area contributed by atoms with Gasteiger partial charge in [0.15, 0.2) is 21.9 Å². The summed E-state index contributed by atoms with van der Waals surface area (Å²) in [5.41, 5.74) is 3.47. The summed E-state index contributed by atoms with van der Waals surface area (Å²) in [7, 11) is 6.87. The van der Waals surface area contributed by atoms with E-state index in [1.54, 1.807) is 57.4 Å². The van der Waals surface area contributed by atoms with Crippen LogP contribution in [0.3, 0.4) is 0 Å². The minimum atomic E-state index is -1.31. The van der Waals surface area contributed by atoms with Crippen molar-refractivity contribution in [3.05, 3.63) is 103 Å². The largest absolute Gasteiger partial charge is 0.481 e. The molecule has 8 aliphatic rings. The molecule has 4 saturated carbocycles. The summed E-state index contributed by atoms with van der Waals surface area (Å²) in [6.45, 7) is 9.61. The van der Waals surface area contributed by atoms with E-state index in [9.17, 15) is 33.9 Å². The molecule has 18 nitrogen and oxygen atoms in total. The smallest absolute Gasteiger partial charge is 0.307 e. The van der Waals surface area contributed by atoms with Gasteiger partial charge in [0, 0.05) is 81.9 Å². The van der Waals surface area contributed by atoms with Crippen LogP contribution < -0.4 is 16.4 Å². The number of hydrogen-bond donors (Lipinski definition) is 4. The zero-order valence-corrected chi connectivity index (χ0v) is 55.7. The number of ketones is 1. The molecule has 4 aliphatic carbocycles. The van der Waals surface area contributed by atoms with Crippen molar-refractivity contribution < 1.29 is 52.1 Å². The van der Waals surface area contributed by atoms with Crippen LogP contribution in [0.5, 0.6) is 0 Å². The zero-order chi connectivity index (χ0) is 64.5. The van der Waals surface area contributed by atoms with Gasteiger partial charge in [-0.25, -0.2) is 28.7 Å². The first-order chi connectivity index (χ1) is 41.9. The fourth-order valence-corrected chi connectivity index (χ4v) is 17.2. The van der Waals surface area contributed by atoms with Gasteiger partial charge in [0.05, 0.1) is 30.0 Å². The lowest BCUT2D eigenvalue weighted by atomic mass is 9.51. The van der Waals surface area contributed by atoms with Crippen molar-refractivity contribution in [3.63, 3.8) is 0 Å². The lowest BCUT2D eigenvalue weighted by Gasteiger charge is -2.50. The Kier molecular flexibility index (Phi) is 20.2. The average molecular weight is 1350 g/mol. The second kappa shape index (κ2) is 26.3. The minimum Gasteiger partial charge on any atom is -0.481 e. The number of carbonyl (C=O) groups excluding carboxylic acids is 5. The first-order valence-corrected chi connectivity index (χ1v) is 32.2. The number of likely N-dealkylation sites (N-methyl/N-ethyl adjacent to an activating group) is 2. The molecule has 0 aromatic carbocycles. The lowest BCUT2D eigenvalue weighted by Crippen LogP contribution is -2.52. The number of fused-ring (bicyclic) bond motifs is 6. The van der Waals surface area contributed by atoms with Crippen LogP contribution in [-0.4, -0.2) is 130 Å². The highest BCUT2D eigenvalue weighted by molar-refractivity contribution is 6.30. The van der Waals surface area contributed by atoms with Crippen LogP contribution in [0.4, 0.5) is 20.4 Å². The maximum absolute atomic E-state index is 16.1. The van der Waals surface area contributed by atoms with E-state index in [2.05, 4.69) is 58.3 Å². The number of pyridine rings is 4. The first-order valence-electron chi connectivity index (χ1n) is 30.7. The number of carboxylic acid groups (broad SMARTS) is 1. The summed E-state index contributed by atoms with van der Waals surface area (Å²) in [5, 5.41) is 16.0. The van der Waals surface area contributed by atoms with E-state index >= 15 is 8.78 Å². The number of anilines is 2. The van der Waals surface area contributed by atoms with Gasteiger partial charge in [0.2, 0.25) is 11.8 Å². The standard InChI is InChI=1S/C33H39Cl2FN4O4.C24H24Cl2FN3O3.C8H16N2O2.ClH/c1-31(2)10-12-32(13-11-31)16-20(22(41)15-18-5-7-23(44-17-18)29(42)40(3)4)25(19-9-14-37-27(35)26(19)36)33(32)21-6-8-24(34)38-28(21)39-30(33)43;1-22(2)6-8-23(9-7-22)11-13(20(31)32)16(12-5-10-28-18(26)17(12)27)24(23)14-3-4-15(25)29-19(14)30-21(24)33;1-10(2)8(11)7-4-3-6(9)5-12-7;/h6,8-9,14,18,20,23,25H,5,7,10-13,15-17H2,1-4H3,(H,38,39,43);3-5,10,13,16H,6-9,11H2,1-2H3,(H,31,32)(H,29,30,33);6-7H,3-5,9H2,1-2H3;1H/t18-,20-,23-,25-,33+;13-,16+,24?;6-,7+;/m011./s1. The average Bonchev–Trinajstić information content (AvgIpc) is 1.51. The van der Waals surface area contributed by atoms with Gasteiger partial charge in [-0.3, -0.25) is 28.8 Å². The molecule has 25 heteroatoms. The molecule has 0 bridgehead atoms. The van der Waals surface area contributed by atoms with Gasteiger partial charge < -0.3 is 40.7 Å². The number of hydrogen-bond acceptors (Lipinski definition) is 13. The molecule has 8 heterocycles.